The molecule has 5 heteroatoms. The van der Waals surface area contributed by atoms with Gasteiger partial charge in [0.15, 0.2) is 0 Å². The summed E-state index contributed by atoms with van der Waals surface area (Å²) in [5.41, 5.74) is -0.415. The maximum atomic E-state index is 12.4. The number of carboxylic acid groups (broad SMARTS) is 1. The normalized spacial score (nSPS) is 10.9. The number of pyridine rings is 1. The Labute approximate surface area is 112 Å². The second-order valence-corrected chi connectivity index (χ2v) is 5.09. The highest BCUT2D eigenvalue weighted by atomic mass is 16.4. The Balaban J connectivity index is 3.13. The van der Waals surface area contributed by atoms with Crippen molar-refractivity contribution in [2.75, 3.05) is 6.54 Å². The zero-order valence-corrected chi connectivity index (χ0v) is 11.4. The van der Waals surface area contributed by atoms with Crippen LogP contribution in [0.15, 0.2) is 30.9 Å². The number of amides is 1. The van der Waals surface area contributed by atoms with E-state index in [1.54, 1.807) is 11.0 Å². The van der Waals surface area contributed by atoms with E-state index in [-0.39, 0.29) is 17.3 Å². The van der Waals surface area contributed by atoms with Crippen LogP contribution in [0.2, 0.25) is 0 Å². The molecule has 0 fully saturated rings. The first-order chi connectivity index (χ1) is 8.77. The number of nitrogens with zero attached hydrogens (tertiary/aromatic N) is 2. The SMILES string of the molecule is C=CCN(C(=O)c1cccc(C(=O)O)n1)C(C)(C)C. The molecule has 1 N–H and O–H groups in total. The maximum Gasteiger partial charge on any atom is 0.354 e. The van der Waals surface area contributed by atoms with Gasteiger partial charge in [-0.05, 0) is 32.9 Å². The lowest BCUT2D eigenvalue weighted by Crippen LogP contribution is -2.46. The van der Waals surface area contributed by atoms with E-state index in [4.69, 9.17) is 5.11 Å². The summed E-state index contributed by atoms with van der Waals surface area (Å²) in [6, 6.07) is 4.38. The molecular weight excluding hydrogens is 244 g/mol. The minimum absolute atomic E-state index is 0.122. The molecule has 102 valence electrons. The van der Waals surface area contributed by atoms with Crippen molar-refractivity contribution in [3.05, 3.63) is 42.2 Å². The smallest absolute Gasteiger partial charge is 0.354 e. The molecule has 0 aliphatic carbocycles. The molecule has 1 aromatic heterocycles. The van der Waals surface area contributed by atoms with Crippen LogP contribution in [0.25, 0.3) is 0 Å². The zero-order valence-electron chi connectivity index (χ0n) is 11.4. The number of carbonyl (C=O) groups excluding carboxylic acids is 1. The molecule has 0 bridgehead atoms. The minimum atomic E-state index is -1.15. The average molecular weight is 262 g/mol. The number of rotatable bonds is 4. The lowest BCUT2D eigenvalue weighted by Gasteiger charge is -2.34. The van der Waals surface area contributed by atoms with Gasteiger partial charge in [-0.25, -0.2) is 9.78 Å². The summed E-state index contributed by atoms with van der Waals surface area (Å²) in [6.07, 6.45) is 1.63. The van der Waals surface area contributed by atoms with Gasteiger partial charge in [0.05, 0.1) is 0 Å². The van der Waals surface area contributed by atoms with Crippen molar-refractivity contribution in [1.82, 2.24) is 9.88 Å². The lowest BCUT2D eigenvalue weighted by atomic mass is 10.1. The predicted molar refractivity (Wildman–Crippen MR) is 72.2 cm³/mol. The molecule has 5 nitrogen and oxygen atoms in total. The van der Waals surface area contributed by atoms with E-state index in [1.807, 2.05) is 20.8 Å². The van der Waals surface area contributed by atoms with Crippen LogP contribution in [0.3, 0.4) is 0 Å². The molecule has 1 heterocycles. The van der Waals surface area contributed by atoms with Crippen LogP contribution in [-0.2, 0) is 0 Å². The number of hydrogen-bond acceptors (Lipinski definition) is 3. The topological polar surface area (TPSA) is 70.5 Å². The van der Waals surface area contributed by atoms with E-state index in [2.05, 4.69) is 11.6 Å². The first-order valence-electron chi connectivity index (χ1n) is 5.90. The number of carboxylic acids is 1. The molecule has 0 radical (unpaired) electrons. The van der Waals surface area contributed by atoms with Gasteiger partial charge in [-0.3, -0.25) is 4.79 Å². The van der Waals surface area contributed by atoms with E-state index < -0.39 is 11.5 Å². The van der Waals surface area contributed by atoms with Crippen LogP contribution in [0.1, 0.15) is 41.7 Å². The number of aromatic carboxylic acids is 1. The number of carbonyl (C=O) groups is 2. The molecule has 0 aliphatic heterocycles. The van der Waals surface area contributed by atoms with Gasteiger partial charge in [0, 0.05) is 12.1 Å². The first kappa shape index (κ1) is 14.9. The van der Waals surface area contributed by atoms with Gasteiger partial charge in [0.1, 0.15) is 11.4 Å². The van der Waals surface area contributed by atoms with Gasteiger partial charge in [0.25, 0.3) is 5.91 Å². The van der Waals surface area contributed by atoms with Crippen molar-refractivity contribution in [3.8, 4) is 0 Å². The molecule has 19 heavy (non-hydrogen) atoms. The van der Waals surface area contributed by atoms with E-state index in [1.165, 1.54) is 18.2 Å². The highest BCUT2D eigenvalue weighted by Gasteiger charge is 2.27. The van der Waals surface area contributed by atoms with Gasteiger partial charge >= 0.3 is 5.97 Å². The van der Waals surface area contributed by atoms with Crippen molar-refractivity contribution < 1.29 is 14.7 Å². The summed E-state index contributed by atoms with van der Waals surface area (Å²) in [5, 5.41) is 8.89. The second kappa shape index (κ2) is 5.65. The monoisotopic (exact) mass is 262 g/mol. The van der Waals surface area contributed by atoms with Crippen molar-refractivity contribution in [2.45, 2.75) is 26.3 Å². The van der Waals surface area contributed by atoms with Gasteiger partial charge in [-0.15, -0.1) is 6.58 Å². The Bertz CT molecular complexity index is 504. The third-order valence-corrected chi connectivity index (χ3v) is 2.55. The number of hydrogen-bond donors (Lipinski definition) is 1. The third kappa shape index (κ3) is 3.64. The molecule has 0 saturated heterocycles. The van der Waals surface area contributed by atoms with Crippen LogP contribution in [0, 0.1) is 0 Å². The Kier molecular flexibility index (Phi) is 4.43. The number of aromatic nitrogens is 1. The largest absolute Gasteiger partial charge is 0.477 e. The van der Waals surface area contributed by atoms with E-state index in [9.17, 15) is 9.59 Å². The van der Waals surface area contributed by atoms with Crippen LogP contribution in [0.5, 0.6) is 0 Å². The molecule has 0 aromatic carbocycles. The third-order valence-electron chi connectivity index (χ3n) is 2.55. The van der Waals surface area contributed by atoms with Crippen molar-refractivity contribution >= 4 is 11.9 Å². The Morgan fingerprint density at radius 1 is 1.37 bits per heavy atom. The van der Waals surface area contributed by atoms with Gasteiger partial charge < -0.3 is 10.0 Å². The molecule has 0 aliphatic rings. The standard InChI is InChI=1S/C14H18N2O3/c1-5-9-16(14(2,3)4)12(17)10-7-6-8-11(15-10)13(18)19/h5-8H,1,9H2,2-4H3,(H,18,19). The predicted octanol–water partition coefficient (Wildman–Crippen LogP) is 2.21. The molecule has 0 saturated carbocycles. The average Bonchev–Trinajstić information content (AvgIpc) is 2.34. The van der Waals surface area contributed by atoms with Crippen LogP contribution >= 0.6 is 0 Å². The van der Waals surface area contributed by atoms with Gasteiger partial charge in [-0.2, -0.15) is 0 Å². The van der Waals surface area contributed by atoms with Crippen LogP contribution < -0.4 is 0 Å². The second-order valence-electron chi connectivity index (χ2n) is 5.09. The van der Waals surface area contributed by atoms with Crippen molar-refractivity contribution in [2.24, 2.45) is 0 Å². The fraction of sp³-hybridized carbons (Fsp3) is 0.357. The Morgan fingerprint density at radius 3 is 2.42 bits per heavy atom. The highest BCUT2D eigenvalue weighted by Crippen LogP contribution is 2.16. The summed E-state index contributed by atoms with van der Waals surface area (Å²) < 4.78 is 0. The molecule has 0 spiro atoms. The van der Waals surface area contributed by atoms with Gasteiger partial charge in [-0.1, -0.05) is 12.1 Å². The molecule has 1 rings (SSSR count). The van der Waals surface area contributed by atoms with Crippen molar-refractivity contribution in [3.63, 3.8) is 0 Å². The fourth-order valence-corrected chi connectivity index (χ4v) is 1.60. The molecule has 1 amide bonds. The summed E-state index contributed by atoms with van der Waals surface area (Å²) >= 11 is 0. The summed E-state index contributed by atoms with van der Waals surface area (Å²) in [7, 11) is 0. The minimum Gasteiger partial charge on any atom is -0.477 e. The Hall–Kier alpha value is -2.17. The Morgan fingerprint density at radius 2 is 1.95 bits per heavy atom. The molecule has 0 atom stereocenters. The zero-order chi connectivity index (χ0) is 14.6. The van der Waals surface area contributed by atoms with E-state index >= 15 is 0 Å². The lowest BCUT2D eigenvalue weighted by molar-refractivity contribution is 0.0610. The van der Waals surface area contributed by atoms with Crippen LogP contribution in [-0.4, -0.2) is 39.0 Å². The quantitative estimate of drug-likeness (QED) is 0.844. The van der Waals surface area contributed by atoms with E-state index in [0.717, 1.165) is 0 Å². The summed E-state index contributed by atoms with van der Waals surface area (Å²) in [4.78, 5) is 28.7. The molecular formula is C14H18N2O3. The fourth-order valence-electron chi connectivity index (χ4n) is 1.60. The van der Waals surface area contributed by atoms with Crippen LogP contribution in [0.4, 0.5) is 0 Å². The van der Waals surface area contributed by atoms with E-state index in [0.29, 0.717) is 6.54 Å². The summed E-state index contributed by atoms with van der Waals surface area (Å²) in [5.74, 6) is -1.46. The molecule has 1 aromatic rings. The summed E-state index contributed by atoms with van der Waals surface area (Å²) in [6.45, 7) is 9.70. The maximum absolute atomic E-state index is 12.4. The highest BCUT2D eigenvalue weighted by molar-refractivity contribution is 5.94. The van der Waals surface area contributed by atoms with Crippen molar-refractivity contribution in [1.29, 1.82) is 0 Å². The van der Waals surface area contributed by atoms with Gasteiger partial charge in [0.2, 0.25) is 0 Å². The molecule has 0 unspecified atom stereocenters. The first-order valence-corrected chi connectivity index (χ1v) is 5.90.